The van der Waals surface area contributed by atoms with Gasteiger partial charge in [0.05, 0.1) is 6.10 Å². The van der Waals surface area contributed by atoms with Gasteiger partial charge in [-0.2, -0.15) is 0 Å². The first-order valence-corrected chi connectivity index (χ1v) is 8.19. The lowest BCUT2D eigenvalue weighted by Crippen LogP contribution is -2.29. The third kappa shape index (κ3) is 6.52. The molecule has 0 amide bonds. The Hall–Kier alpha value is -1.02. The van der Waals surface area contributed by atoms with Crippen molar-refractivity contribution in [2.24, 2.45) is 11.3 Å². The summed E-state index contributed by atoms with van der Waals surface area (Å²) in [6.45, 7) is 17.2. The minimum absolute atomic E-state index is 0.197. The Morgan fingerprint density at radius 2 is 1.43 bits per heavy atom. The first kappa shape index (κ1) is 20.0. The normalized spacial score (nSPS) is 14.2. The van der Waals surface area contributed by atoms with Gasteiger partial charge < -0.3 is 10.1 Å². The largest absolute Gasteiger partial charge is 0.490 e. The van der Waals surface area contributed by atoms with Crippen molar-refractivity contribution in [3.8, 4) is 5.75 Å². The number of rotatable bonds is 5. The molecule has 0 aliphatic heterocycles. The topological polar surface area (TPSA) is 21.3 Å². The van der Waals surface area contributed by atoms with E-state index in [1.165, 1.54) is 5.56 Å². The zero-order chi connectivity index (χ0) is 16.6. The molecule has 1 N–H and O–H groups in total. The maximum absolute atomic E-state index is 5.91. The minimum Gasteiger partial charge on any atom is -0.490 e. The molecule has 0 spiro atoms. The van der Waals surface area contributed by atoms with Gasteiger partial charge in [0.2, 0.25) is 0 Å². The molecule has 122 valence electrons. The molecule has 21 heavy (non-hydrogen) atoms. The van der Waals surface area contributed by atoms with Gasteiger partial charge >= 0.3 is 0 Å². The van der Waals surface area contributed by atoms with Crippen LogP contribution >= 0.6 is 0 Å². The Kier molecular flexibility index (Phi) is 8.65. The summed E-state index contributed by atoms with van der Waals surface area (Å²) in [6, 6.07) is 8.82. The summed E-state index contributed by atoms with van der Waals surface area (Å²) in [7, 11) is 2.02. The van der Waals surface area contributed by atoms with Gasteiger partial charge in [0.15, 0.2) is 0 Å². The van der Waals surface area contributed by atoms with Gasteiger partial charge in [-0.15, -0.1) is 0 Å². The van der Waals surface area contributed by atoms with Crippen molar-refractivity contribution in [2.75, 3.05) is 7.05 Å². The summed E-state index contributed by atoms with van der Waals surface area (Å²) in [5.74, 6) is 1.48. The Balaban J connectivity index is 0.00000191. The van der Waals surface area contributed by atoms with Crippen molar-refractivity contribution in [1.29, 1.82) is 0 Å². The zero-order valence-electron chi connectivity index (χ0n) is 15.4. The smallest absolute Gasteiger partial charge is 0.119 e. The van der Waals surface area contributed by atoms with E-state index in [0.717, 1.165) is 5.75 Å². The van der Waals surface area contributed by atoms with Gasteiger partial charge in [0.1, 0.15) is 5.75 Å². The predicted octanol–water partition coefficient (Wildman–Crippen LogP) is 5.44. The molecule has 0 bridgehead atoms. The third-order valence-electron chi connectivity index (χ3n) is 3.63. The van der Waals surface area contributed by atoms with Crippen molar-refractivity contribution in [1.82, 2.24) is 5.32 Å². The van der Waals surface area contributed by atoms with E-state index < -0.39 is 0 Å². The minimum atomic E-state index is 0.197. The highest BCUT2D eigenvalue weighted by Crippen LogP contribution is 2.33. The zero-order valence-corrected chi connectivity index (χ0v) is 15.4. The molecule has 1 aromatic carbocycles. The first-order valence-electron chi connectivity index (χ1n) is 8.19. The summed E-state index contributed by atoms with van der Waals surface area (Å²) in [5.41, 5.74) is 1.50. The molecule has 0 aliphatic carbocycles. The third-order valence-corrected chi connectivity index (χ3v) is 3.63. The molecular formula is C19H35NO. The van der Waals surface area contributed by atoms with Crippen LogP contribution in [0.1, 0.15) is 67.0 Å². The summed E-state index contributed by atoms with van der Waals surface area (Å²) >= 11 is 0. The van der Waals surface area contributed by atoms with Crippen LogP contribution in [-0.2, 0) is 0 Å². The SMILES string of the molecule is CC.CNC(c1ccc(OC(C)C(C)C)cc1)C(C)(C)C. The highest BCUT2D eigenvalue weighted by atomic mass is 16.5. The van der Waals surface area contributed by atoms with E-state index in [9.17, 15) is 0 Å². The second-order valence-corrected chi connectivity index (χ2v) is 6.72. The van der Waals surface area contributed by atoms with E-state index in [0.29, 0.717) is 12.0 Å². The number of nitrogens with one attached hydrogen (secondary N) is 1. The molecule has 2 unspecified atom stereocenters. The van der Waals surface area contributed by atoms with Crippen LogP contribution in [0.3, 0.4) is 0 Å². The predicted molar refractivity (Wildman–Crippen MR) is 94.0 cm³/mol. The van der Waals surface area contributed by atoms with Crippen LogP contribution in [0.25, 0.3) is 0 Å². The van der Waals surface area contributed by atoms with E-state index >= 15 is 0 Å². The molecule has 0 heterocycles. The van der Waals surface area contributed by atoms with Crippen LogP contribution in [0.4, 0.5) is 0 Å². The van der Waals surface area contributed by atoms with Crippen LogP contribution < -0.4 is 10.1 Å². The Labute approximate surface area is 132 Å². The van der Waals surface area contributed by atoms with E-state index in [1.807, 2.05) is 20.9 Å². The molecule has 2 nitrogen and oxygen atoms in total. The van der Waals surface area contributed by atoms with Crippen molar-refractivity contribution in [3.63, 3.8) is 0 Å². The van der Waals surface area contributed by atoms with Crippen molar-refractivity contribution >= 4 is 0 Å². The molecule has 0 saturated carbocycles. The number of hydrogen-bond acceptors (Lipinski definition) is 2. The lowest BCUT2D eigenvalue weighted by Gasteiger charge is -2.31. The van der Waals surface area contributed by atoms with E-state index in [2.05, 4.69) is 71.1 Å². The van der Waals surface area contributed by atoms with Gasteiger partial charge in [-0.1, -0.05) is 60.6 Å². The molecule has 2 atom stereocenters. The van der Waals surface area contributed by atoms with Crippen molar-refractivity contribution < 1.29 is 4.74 Å². The van der Waals surface area contributed by atoms with Crippen molar-refractivity contribution in [2.45, 2.75) is 67.5 Å². The molecular weight excluding hydrogens is 258 g/mol. The first-order chi connectivity index (χ1) is 9.75. The van der Waals surface area contributed by atoms with Gasteiger partial charge in [0, 0.05) is 6.04 Å². The Morgan fingerprint density at radius 1 is 0.952 bits per heavy atom. The molecule has 2 heteroatoms. The monoisotopic (exact) mass is 293 g/mol. The average Bonchev–Trinajstić information content (AvgIpc) is 2.42. The fourth-order valence-electron chi connectivity index (χ4n) is 2.19. The van der Waals surface area contributed by atoms with Crippen LogP contribution in [0, 0.1) is 11.3 Å². The Morgan fingerprint density at radius 3 is 1.76 bits per heavy atom. The molecule has 0 aromatic heterocycles. The molecule has 0 radical (unpaired) electrons. The fourth-order valence-corrected chi connectivity index (χ4v) is 2.19. The number of benzene rings is 1. The number of ether oxygens (including phenoxy) is 1. The lowest BCUT2D eigenvalue weighted by molar-refractivity contribution is 0.170. The summed E-state index contributed by atoms with van der Waals surface area (Å²) < 4.78 is 5.91. The van der Waals surface area contributed by atoms with E-state index in [1.54, 1.807) is 0 Å². The Bertz CT molecular complexity index is 376. The van der Waals surface area contributed by atoms with Crippen LogP contribution in [-0.4, -0.2) is 13.2 Å². The quantitative estimate of drug-likeness (QED) is 0.780. The van der Waals surface area contributed by atoms with Crippen LogP contribution in [0.2, 0.25) is 0 Å². The molecule has 0 fully saturated rings. The van der Waals surface area contributed by atoms with E-state index in [4.69, 9.17) is 4.74 Å². The van der Waals surface area contributed by atoms with Gasteiger partial charge in [-0.25, -0.2) is 0 Å². The molecule has 0 aliphatic rings. The summed E-state index contributed by atoms with van der Waals surface area (Å²) in [6.07, 6.45) is 0.244. The van der Waals surface area contributed by atoms with Gasteiger partial charge in [-0.3, -0.25) is 0 Å². The average molecular weight is 293 g/mol. The molecule has 1 aromatic rings. The highest BCUT2D eigenvalue weighted by Gasteiger charge is 2.24. The maximum atomic E-state index is 5.91. The second kappa shape index (κ2) is 9.09. The maximum Gasteiger partial charge on any atom is 0.119 e. The lowest BCUT2D eigenvalue weighted by atomic mass is 9.82. The summed E-state index contributed by atoms with van der Waals surface area (Å²) in [5, 5.41) is 3.40. The number of hydrogen-bond donors (Lipinski definition) is 1. The summed E-state index contributed by atoms with van der Waals surface area (Å²) in [4.78, 5) is 0. The second-order valence-electron chi connectivity index (χ2n) is 6.72. The highest BCUT2D eigenvalue weighted by molar-refractivity contribution is 5.30. The van der Waals surface area contributed by atoms with E-state index in [-0.39, 0.29) is 11.5 Å². The van der Waals surface area contributed by atoms with Gasteiger partial charge in [0.25, 0.3) is 0 Å². The standard InChI is InChI=1S/C17H29NO.C2H6/c1-12(2)13(3)19-15-10-8-14(9-11-15)16(18-7)17(4,5)6;1-2/h8-13,16,18H,1-7H3;1-2H3. The van der Waals surface area contributed by atoms with Gasteiger partial charge in [-0.05, 0) is 43.0 Å². The van der Waals surface area contributed by atoms with Crippen molar-refractivity contribution in [3.05, 3.63) is 29.8 Å². The van der Waals surface area contributed by atoms with Crippen LogP contribution in [0.15, 0.2) is 24.3 Å². The fraction of sp³-hybridized carbons (Fsp3) is 0.684. The molecule has 1 rings (SSSR count). The van der Waals surface area contributed by atoms with Crippen LogP contribution in [0.5, 0.6) is 5.75 Å². The molecule has 0 saturated heterocycles.